The largest absolute Gasteiger partial charge is 0.411 e. The minimum absolute atomic E-state index is 0.0710. The number of hydrogen-bond donors (Lipinski definition) is 0. The smallest absolute Gasteiger partial charge is 0.277 e. The first-order valence-corrected chi connectivity index (χ1v) is 8.93. The molecule has 8 heteroatoms. The molecular weight excluding hydrogens is 382 g/mol. The first-order chi connectivity index (χ1) is 11.1. The Hall–Kier alpha value is -1.38. The number of nitrogens with zero attached hydrogens (tertiary/aromatic N) is 3. The SMILES string of the molecule is CC(Sc1nnc(-c2ccc(Br)cc2)o1)C(=O)N1CCOCC1. The number of rotatable bonds is 4. The molecule has 6 nitrogen and oxygen atoms in total. The maximum atomic E-state index is 12.4. The Labute approximate surface area is 146 Å². The van der Waals surface area contributed by atoms with Crippen LogP contribution in [0.2, 0.25) is 0 Å². The van der Waals surface area contributed by atoms with E-state index in [1.165, 1.54) is 11.8 Å². The molecule has 0 saturated carbocycles. The molecule has 0 spiro atoms. The van der Waals surface area contributed by atoms with Crippen LogP contribution in [0.1, 0.15) is 6.92 Å². The van der Waals surface area contributed by atoms with Crippen molar-refractivity contribution in [1.29, 1.82) is 0 Å². The third kappa shape index (κ3) is 4.13. The van der Waals surface area contributed by atoms with Gasteiger partial charge in [-0.25, -0.2) is 0 Å². The first-order valence-electron chi connectivity index (χ1n) is 7.26. The molecule has 1 aromatic heterocycles. The second-order valence-electron chi connectivity index (χ2n) is 5.08. The van der Waals surface area contributed by atoms with Crippen LogP contribution in [0, 0.1) is 0 Å². The van der Waals surface area contributed by atoms with Gasteiger partial charge in [0.1, 0.15) is 0 Å². The van der Waals surface area contributed by atoms with Crippen LogP contribution >= 0.6 is 27.7 Å². The Bertz CT molecular complexity index is 671. The third-order valence-electron chi connectivity index (χ3n) is 3.45. The molecule has 0 bridgehead atoms. The molecule has 122 valence electrons. The Morgan fingerprint density at radius 3 is 2.65 bits per heavy atom. The van der Waals surface area contributed by atoms with E-state index in [0.717, 1.165) is 10.0 Å². The first kappa shape index (κ1) is 16.5. The molecule has 1 aliphatic rings. The highest BCUT2D eigenvalue weighted by atomic mass is 79.9. The molecule has 1 fully saturated rings. The zero-order valence-corrected chi connectivity index (χ0v) is 15.0. The number of hydrogen-bond acceptors (Lipinski definition) is 6. The van der Waals surface area contributed by atoms with Crippen molar-refractivity contribution in [2.45, 2.75) is 17.4 Å². The second kappa shape index (κ2) is 7.46. The number of halogens is 1. The second-order valence-corrected chi connectivity index (χ2v) is 7.29. The lowest BCUT2D eigenvalue weighted by Gasteiger charge is -2.28. The van der Waals surface area contributed by atoms with Gasteiger partial charge in [-0.05, 0) is 31.2 Å². The number of carbonyl (C=O) groups excluding carboxylic acids is 1. The van der Waals surface area contributed by atoms with E-state index in [9.17, 15) is 4.79 Å². The maximum Gasteiger partial charge on any atom is 0.277 e. The molecule has 23 heavy (non-hydrogen) atoms. The number of thioether (sulfide) groups is 1. The summed E-state index contributed by atoms with van der Waals surface area (Å²) in [4.78, 5) is 14.2. The molecule has 0 radical (unpaired) electrons. The monoisotopic (exact) mass is 397 g/mol. The fraction of sp³-hybridized carbons (Fsp3) is 0.400. The van der Waals surface area contributed by atoms with Gasteiger partial charge in [0.05, 0.1) is 18.5 Å². The highest BCUT2D eigenvalue weighted by Crippen LogP contribution is 2.27. The lowest BCUT2D eigenvalue weighted by molar-refractivity contribution is -0.134. The summed E-state index contributed by atoms with van der Waals surface area (Å²) in [6, 6.07) is 7.62. The fourth-order valence-corrected chi connectivity index (χ4v) is 3.24. The number of amides is 1. The molecular formula is C15H16BrN3O3S. The van der Waals surface area contributed by atoms with Crippen molar-refractivity contribution < 1.29 is 13.9 Å². The zero-order chi connectivity index (χ0) is 16.2. The normalized spacial score (nSPS) is 16.3. The predicted molar refractivity (Wildman–Crippen MR) is 90.2 cm³/mol. The number of morpholine rings is 1. The molecule has 0 aliphatic carbocycles. The van der Waals surface area contributed by atoms with Crippen molar-refractivity contribution in [3.63, 3.8) is 0 Å². The van der Waals surface area contributed by atoms with Gasteiger partial charge >= 0.3 is 0 Å². The van der Waals surface area contributed by atoms with Crippen molar-refractivity contribution >= 4 is 33.6 Å². The van der Waals surface area contributed by atoms with Crippen LogP contribution in [0.15, 0.2) is 38.4 Å². The summed E-state index contributed by atoms with van der Waals surface area (Å²) >= 11 is 4.67. The van der Waals surface area contributed by atoms with E-state index >= 15 is 0 Å². The van der Waals surface area contributed by atoms with Crippen LogP contribution in [-0.2, 0) is 9.53 Å². The maximum absolute atomic E-state index is 12.4. The van der Waals surface area contributed by atoms with Gasteiger partial charge in [-0.15, -0.1) is 10.2 Å². The lowest BCUT2D eigenvalue weighted by Crippen LogP contribution is -2.44. The summed E-state index contributed by atoms with van der Waals surface area (Å²) in [5.74, 6) is 0.521. The molecule has 2 heterocycles. The summed E-state index contributed by atoms with van der Waals surface area (Å²) in [5.41, 5.74) is 0.847. The average molecular weight is 398 g/mol. The van der Waals surface area contributed by atoms with Gasteiger partial charge in [-0.1, -0.05) is 27.7 Å². The summed E-state index contributed by atoms with van der Waals surface area (Å²) < 4.78 is 11.9. The van der Waals surface area contributed by atoms with E-state index in [-0.39, 0.29) is 11.2 Å². The van der Waals surface area contributed by atoms with E-state index < -0.39 is 0 Å². The Balaban J connectivity index is 1.64. The summed E-state index contributed by atoms with van der Waals surface area (Å²) in [5, 5.41) is 8.19. The van der Waals surface area contributed by atoms with Gasteiger partial charge in [0, 0.05) is 23.1 Å². The molecule has 1 amide bonds. The van der Waals surface area contributed by atoms with Crippen molar-refractivity contribution in [2.24, 2.45) is 0 Å². The molecule has 1 aliphatic heterocycles. The van der Waals surface area contributed by atoms with E-state index in [4.69, 9.17) is 9.15 Å². The van der Waals surface area contributed by atoms with Crippen molar-refractivity contribution in [3.05, 3.63) is 28.7 Å². The number of ether oxygens (including phenoxy) is 1. The lowest BCUT2D eigenvalue weighted by atomic mass is 10.2. The van der Waals surface area contributed by atoms with Gasteiger partial charge in [0.25, 0.3) is 5.22 Å². The van der Waals surface area contributed by atoms with E-state index in [1.54, 1.807) is 0 Å². The van der Waals surface area contributed by atoms with Gasteiger partial charge in [-0.3, -0.25) is 4.79 Å². The fourth-order valence-electron chi connectivity index (χ4n) is 2.21. The van der Waals surface area contributed by atoms with E-state index in [1.807, 2.05) is 36.1 Å². The van der Waals surface area contributed by atoms with Crippen molar-refractivity contribution in [1.82, 2.24) is 15.1 Å². The molecule has 3 rings (SSSR count). The molecule has 1 aromatic carbocycles. The van der Waals surface area contributed by atoms with Crippen LogP contribution in [0.3, 0.4) is 0 Å². The standard InChI is InChI=1S/C15H16BrN3O3S/c1-10(14(20)19-6-8-21-9-7-19)23-15-18-17-13(22-15)11-2-4-12(16)5-3-11/h2-5,10H,6-9H2,1H3. The Morgan fingerprint density at radius 1 is 1.26 bits per heavy atom. The molecule has 2 aromatic rings. The average Bonchev–Trinajstić information content (AvgIpc) is 3.04. The molecule has 1 saturated heterocycles. The van der Waals surface area contributed by atoms with E-state index in [0.29, 0.717) is 37.4 Å². The van der Waals surface area contributed by atoms with Gasteiger partial charge < -0.3 is 14.1 Å². The number of benzene rings is 1. The van der Waals surface area contributed by atoms with Crippen LogP contribution in [0.5, 0.6) is 0 Å². The van der Waals surface area contributed by atoms with Gasteiger partial charge in [0.15, 0.2) is 0 Å². The summed E-state index contributed by atoms with van der Waals surface area (Å²) in [7, 11) is 0. The van der Waals surface area contributed by atoms with Crippen LogP contribution in [0.4, 0.5) is 0 Å². The minimum atomic E-state index is -0.272. The molecule has 0 N–H and O–H groups in total. The summed E-state index contributed by atoms with van der Waals surface area (Å²) in [6.07, 6.45) is 0. The van der Waals surface area contributed by atoms with Crippen molar-refractivity contribution in [2.75, 3.05) is 26.3 Å². The zero-order valence-electron chi connectivity index (χ0n) is 12.6. The number of carbonyl (C=O) groups is 1. The van der Waals surface area contributed by atoms with E-state index in [2.05, 4.69) is 26.1 Å². The third-order valence-corrected chi connectivity index (χ3v) is 4.90. The Morgan fingerprint density at radius 2 is 1.96 bits per heavy atom. The van der Waals surface area contributed by atoms with Crippen LogP contribution < -0.4 is 0 Å². The van der Waals surface area contributed by atoms with Crippen LogP contribution in [0.25, 0.3) is 11.5 Å². The molecule has 1 unspecified atom stereocenters. The van der Waals surface area contributed by atoms with Gasteiger partial charge in [0.2, 0.25) is 11.8 Å². The topological polar surface area (TPSA) is 68.5 Å². The Kier molecular flexibility index (Phi) is 5.34. The van der Waals surface area contributed by atoms with Crippen LogP contribution in [-0.4, -0.2) is 52.6 Å². The van der Waals surface area contributed by atoms with Gasteiger partial charge in [-0.2, -0.15) is 0 Å². The summed E-state index contributed by atoms with van der Waals surface area (Å²) in [6.45, 7) is 4.32. The number of aromatic nitrogens is 2. The quantitative estimate of drug-likeness (QED) is 0.738. The minimum Gasteiger partial charge on any atom is -0.411 e. The highest BCUT2D eigenvalue weighted by molar-refractivity contribution is 9.10. The van der Waals surface area contributed by atoms with Crippen molar-refractivity contribution in [3.8, 4) is 11.5 Å². The predicted octanol–water partition coefficient (Wildman–Crippen LogP) is 2.84. The molecule has 1 atom stereocenters. The highest BCUT2D eigenvalue weighted by Gasteiger charge is 2.25.